The molecule has 0 aromatic heterocycles. The molecule has 0 bridgehead atoms. The molecule has 1 heterocycles. The summed E-state index contributed by atoms with van der Waals surface area (Å²) in [4.78, 5) is 11.5. The van der Waals surface area contributed by atoms with E-state index in [9.17, 15) is 5.26 Å². The van der Waals surface area contributed by atoms with E-state index in [-0.39, 0.29) is 5.41 Å². The molecule has 1 aliphatic heterocycles. The van der Waals surface area contributed by atoms with E-state index in [1.54, 1.807) is 5.06 Å². The van der Waals surface area contributed by atoms with E-state index in [1.165, 1.54) is 16.7 Å². The van der Waals surface area contributed by atoms with Gasteiger partial charge in [0, 0.05) is 18.0 Å². The maximum Gasteiger partial charge on any atom is 0.221 e. The first kappa shape index (κ1) is 18.9. The van der Waals surface area contributed by atoms with E-state index >= 15 is 0 Å². The van der Waals surface area contributed by atoms with Crippen LogP contribution < -0.4 is 5.73 Å². The average molecular weight is 399 g/mol. The average Bonchev–Trinajstić information content (AvgIpc) is 3.18. The van der Waals surface area contributed by atoms with Crippen molar-refractivity contribution in [3.8, 4) is 17.2 Å². The number of aliphatic imine (C=N–C) groups is 1. The second kappa shape index (κ2) is 6.45. The number of rotatable bonds is 1. The van der Waals surface area contributed by atoms with Crippen molar-refractivity contribution in [2.75, 3.05) is 7.05 Å². The van der Waals surface area contributed by atoms with Crippen molar-refractivity contribution in [1.82, 2.24) is 5.06 Å². The van der Waals surface area contributed by atoms with Gasteiger partial charge in [0.15, 0.2) is 0 Å². The number of fused-ring (bicyclic) bond motifs is 3. The number of hydrogen-bond acceptors (Lipinski definition) is 5. The van der Waals surface area contributed by atoms with Crippen LogP contribution in [0.2, 0.25) is 0 Å². The maximum atomic E-state index is 9.29. The molecule has 0 saturated carbocycles. The van der Waals surface area contributed by atoms with Gasteiger partial charge < -0.3 is 5.73 Å². The van der Waals surface area contributed by atoms with E-state index in [0.717, 1.165) is 42.4 Å². The molecule has 3 aliphatic rings. The summed E-state index contributed by atoms with van der Waals surface area (Å²) in [5, 5.41) is 10.9. The van der Waals surface area contributed by atoms with Crippen molar-refractivity contribution >= 4 is 5.96 Å². The highest BCUT2D eigenvalue weighted by Crippen LogP contribution is 2.62. The zero-order chi connectivity index (χ0) is 21.1. The first-order chi connectivity index (χ1) is 14.4. The van der Waals surface area contributed by atoms with Crippen molar-refractivity contribution in [3.05, 3.63) is 70.3 Å². The van der Waals surface area contributed by atoms with Crippen LogP contribution in [-0.4, -0.2) is 18.1 Å². The minimum atomic E-state index is -0.800. The van der Waals surface area contributed by atoms with Crippen LogP contribution in [0.5, 0.6) is 0 Å². The Morgan fingerprint density at radius 3 is 2.60 bits per heavy atom. The third kappa shape index (κ3) is 2.54. The lowest BCUT2D eigenvalue weighted by Gasteiger charge is -2.44. The van der Waals surface area contributed by atoms with Crippen LogP contribution in [0.3, 0.4) is 0 Å². The summed E-state index contributed by atoms with van der Waals surface area (Å²) in [6, 6.07) is 16.5. The van der Waals surface area contributed by atoms with Crippen molar-refractivity contribution in [1.29, 1.82) is 5.26 Å². The molecule has 30 heavy (non-hydrogen) atoms. The lowest BCUT2D eigenvalue weighted by molar-refractivity contribution is -0.224. The molecular formula is C25H26N4O. The van der Waals surface area contributed by atoms with Crippen LogP contribution in [0.1, 0.15) is 49.8 Å². The number of guanidine groups is 1. The van der Waals surface area contributed by atoms with Crippen LogP contribution in [-0.2, 0) is 17.0 Å². The smallest absolute Gasteiger partial charge is 0.221 e. The Morgan fingerprint density at radius 1 is 1.10 bits per heavy atom. The Kier molecular flexibility index (Phi) is 4.06. The van der Waals surface area contributed by atoms with Crippen LogP contribution in [0.15, 0.2) is 58.6 Å². The highest BCUT2D eigenvalue weighted by atomic mass is 16.7. The van der Waals surface area contributed by atoms with E-state index in [2.05, 4.69) is 38.1 Å². The number of nitrogens with zero attached hydrogens (tertiary/aromatic N) is 3. The van der Waals surface area contributed by atoms with Crippen molar-refractivity contribution in [3.63, 3.8) is 0 Å². The Morgan fingerprint density at radius 2 is 1.90 bits per heavy atom. The highest BCUT2D eigenvalue weighted by Gasteiger charge is 2.63. The van der Waals surface area contributed by atoms with Gasteiger partial charge in [0.2, 0.25) is 11.7 Å². The van der Waals surface area contributed by atoms with E-state index in [4.69, 9.17) is 15.6 Å². The number of nitriles is 1. The third-order valence-corrected chi connectivity index (χ3v) is 7.22. The summed E-state index contributed by atoms with van der Waals surface area (Å²) in [5.74, 6) is 0.419. The minimum absolute atomic E-state index is 0.137. The number of hydroxylamine groups is 2. The van der Waals surface area contributed by atoms with Gasteiger partial charge in [-0.05, 0) is 74.4 Å². The van der Waals surface area contributed by atoms with Crippen molar-refractivity contribution < 1.29 is 4.84 Å². The van der Waals surface area contributed by atoms with Crippen LogP contribution >= 0.6 is 0 Å². The maximum absolute atomic E-state index is 9.29. The Balaban J connectivity index is 1.68. The van der Waals surface area contributed by atoms with Gasteiger partial charge in [0.1, 0.15) is 0 Å². The number of nitrogens with two attached hydrogens (primary N) is 1. The zero-order valence-corrected chi connectivity index (χ0v) is 17.7. The summed E-state index contributed by atoms with van der Waals surface area (Å²) >= 11 is 0. The number of benzene rings is 2. The molecule has 5 nitrogen and oxygen atoms in total. The number of hydrogen-bond donors (Lipinski definition) is 1. The fourth-order valence-corrected chi connectivity index (χ4v) is 5.41. The lowest BCUT2D eigenvalue weighted by Crippen LogP contribution is -2.45. The summed E-state index contributed by atoms with van der Waals surface area (Å²) in [5.41, 5.74) is 13.3. The van der Waals surface area contributed by atoms with Gasteiger partial charge >= 0.3 is 0 Å². The molecule has 152 valence electrons. The molecule has 2 aliphatic carbocycles. The van der Waals surface area contributed by atoms with Crippen LogP contribution in [0, 0.1) is 16.7 Å². The van der Waals surface area contributed by atoms with Gasteiger partial charge in [-0.15, -0.1) is 0 Å². The molecule has 2 unspecified atom stereocenters. The minimum Gasteiger partial charge on any atom is -0.368 e. The first-order valence-corrected chi connectivity index (χ1v) is 10.4. The van der Waals surface area contributed by atoms with E-state index < -0.39 is 5.72 Å². The standard InChI is InChI=1S/C25H26N4O/c1-16-9-10-24(13-17(16)2)14-21-8-7-20(19-6-4-5-18(11-19)15-26)12-22(21)25(24)28-23(27)29(3)30-25/h4-8,11-12H,9-10,13-14H2,1-3H3,(H2,27,28). The first-order valence-electron chi connectivity index (χ1n) is 10.4. The molecule has 0 amide bonds. The van der Waals surface area contributed by atoms with Gasteiger partial charge in [0.05, 0.1) is 11.6 Å². The largest absolute Gasteiger partial charge is 0.368 e. The van der Waals surface area contributed by atoms with Gasteiger partial charge in [0.25, 0.3) is 0 Å². The Bertz CT molecular complexity index is 1160. The summed E-state index contributed by atoms with van der Waals surface area (Å²) in [6.07, 6.45) is 3.96. The summed E-state index contributed by atoms with van der Waals surface area (Å²) in [6.45, 7) is 4.47. The molecule has 2 atom stereocenters. The molecule has 5 rings (SSSR count). The SMILES string of the molecule is CC1=C(C)CC2(CC1)Cc1ccc(-c3cccc(C#N)c3)cc1C21N=C(N)N(C)O1. The predicted molar refractivity (Wildman–Crippen MR) is 117 cm³/mol. The molecule has 2 aromatic rings. The second-order valence-electron chi connectivity index (χ2n) is 8.96. The fourth-order valence-electron chi connectivity index (χ4n) is 5.41. The summed E-state index contributed by atoms with van der Waals surface area (Å²) < 4.78 is 0. The van der Waals surface area contributed by atoms with Gasteiger partial charge in [-0.25, -0.2) is 14.9 Å². The van der Waals surface area contributed by atoms with Crippen molar-refractivity contribution in [2.45, 2.75) is 45.3 Å². The van der Waals surface area contributed by atoms with Gasteiger partial charge in [-0.2, -0.15) is 5.26 Å². The van der Waals surface area contributed by atoms with E-state index in [0.29, 0.717) is 11.5 Å². The quantitative estimate of drug-likeness (QED) is 0.711. The number of allylic oxidation sites excluding steroid dienone is 2. The highest BCUT2D eigenvalue weighted by molar-refractivity contribution is 5.79. The van der Waals surface area contributed by atoms with Crippen LogP contribution in [0.4, 0.5) is 0 Å². The molecule has 2 spiro atoms. The second-order valence-corrected chi connectivity index (χ2v) is 8.96. The lowest BCUT2D eigenvalue weighted by atomic mass is 9.66. The van der Waals surface area contributed by atoms with Crippen molar-refractivity contribution in [2.24, 2.45) is 16.1 Å². The molecule has 0 fully saturated rings. The van der Waals surface area contributed by atoms with Crippen LogP contribution in [0.25, 0.3) is 11.1 Å². The molecule has 2 aromatic carbocycles. The molecule has 0 saturated heterocycles. The van der Waals surface area contributed by atoms with Gasteiger partial charge in [-0.3, -0.25) is 0 Å². The normalized spacial score (nSPS) is 27.5. The third-order valence-electron chi connectivity index (χ3n) is 7.22. The van der Waals surface area contributed by atoms with E-state index in [1.807, 2.05) is 31.3 Å². The molecular weight excluding hydrogens is 372 g/mol. The molecule has 2 N–H and O–H groups in total. The van der Waals surface area contributed by atoms with Gasteiger partial charge in [-0.1, -0.05) is 35.4 Å². The predicted octanol–water partition coefficient (Wildman–Crippen LogP) is 4.63. The zero-order valence-electron chi connectivity index (χ0n) is 17.7. The Hall–Kier alpha value is -3.10. The molecule has 0 radical (unpaired) electrons. The fraction of sp³-hybridized carbons (Fsp3) is 0.360. The topological polar surface area (TPSA) is 74.6 Å². The Labute approximate surface area is 177 Å². The summed E-state index contributed by atoms with van der Waals surface area (Å²) in [7, 11) is 1.83. The molecule has 5 heteroatoms. The monoisotopic (exact) mass is 398 g/mol.